The smallest absolute Gasteiger partial charge is 0.251 e. The zero-order valence-corrected chi connectivity index (χ0v) is 21.7. The van der Waals surface area contributed by atoms with Gasteiger partial charge in [-0.2, -0.15) is 0 Å². The first kappa shape index (κ1) is 25.8. The van der Waals surface area contributed by atoms with Crippen LogP contribution in [0.2, 0.25) is 0 Å². The number of amides is 1. The average Bonchev–Trinajstić information content (AvgIpc) is 2.91. The number of aliphatic imine (C=N–C) groups is 1. The van der Waals surface area contributed by atoms with Crippen molar-refractivity contribution in [2.24, 2.45) is 10.7 Å². The highest BCUT2D eigenvalue weighted by Gasteiger charge is 2.25. The molecule has 0 fully saturated rings. The fourth-order valence-electron chi connectivity index (χ4n) is 4.21. The summed E-state index contributed by atoms with van der Waals surface area (Å²) in [5.74, 6) is 0.752. The van der Waals surface area contributed by atoms with Gasteiger partial charge in [0.25, 0.3) is 5.91 Å². The van der Waals surface area contributed by atoms with E-state index in [1.165, 1.54) is 0 Å². The van der Waals surface area contributed by atoms with Gasteiger partial charge in [-0.1, -0.05) is 30.3 Å². The maximum absolute atomic E-state index is 12.5. The van der Waals surface area contributed by atoms with Gasteiger partial charge in [0.2, 0.25) is 5.95 Å². The minimum Gasteiger partial charge on any atom is -0.495 e. The first-order valence-corrected chi connectivity index (χ1v) is 12.2. The Morgan fingerprint density at radius 2 is 1.92 bits per heavy atom. The number of nitrogens with two attached hydrogens (primary N) is 1. The van der Waals surface area contributed by atoms with Gasteiger partial charge in [-0.25, -0.2) is 9.97 Å². The summed E-state index contributed by atoms with van der Waals surface area (Å²) in [4.78, 5) is 28.5. The number of benzene rings is 2. The molecule has 1 amide bonds. The van der Waals surface area contributed by atoms with E-state index in [2.05, 4.69) is 20.6 Å². The number of rotatable bonds is 9. The minimum atomic E-state index is -0.158. The second-order valence-corrected chi connectivity index (χ2v) is 9.01. The topological polar surface area (TPSA) is 118 Å². The number of hydrogen-bond donors (Lipinski definition) is 3. The average molecular weight is 500 g/mol. The quantitative estimate of drug-likeness (QED) is 0.387. The standard InChI is InChI=1S/C28H33N7O2/c1-30-25(18-8-6-5-7-9-18)24-21(29)12-10-20-17-32-28(34-26(20)24)33-22-13-11-19(16-23(22)37-4)27(36)31-14-15-35(2)3/h5-9,11,13,16-17H,10,12,14-15,29H2,1-4H3,(H,31,36)(H,32,33,34). The van der Waals surface area contributed by atoms with E-state index in [1.807, 2.05) is 55.5 Å². The molecule has 0 saturated carbocycles. The van der Waals surface area contributed by atoms with Gasteiger partial charge in [0.05, 0.1) is 24.2 Å². The summed E-state index contributed by atoms with van der Waals surface area (Å²) < 4.78 is 5.56. The molecule has 1 aliphatic rings. The van der Waals surface area contributed by atoms with Gasteiger partial charge in [0.1, 0.15) is 5.75 Å². The van der Waals surface area contributed by atoms with E-state index in [0.29, 0.717) is 29.5 Å². The minimum absolute atomic E-state index is 0.158. The Hall–Kier alpha value is -4.24. The molecule has 0 saturated heterocycles. The molecular formula is C28H33N7O2. The number of likely N-dealkylation sites (N-methyl/N-ethyl adjacent to an activating group) is 1. The molecular weight excluding hydrogens is 466 g/mol. The van der Waals surface area contributed by atoms with Gasteiger partial charge in [-0.15, -0.1) is 0 Å². The SMILES string of the molecule is CN=C(C1=C(N)CCc2cnc(Nc3ccc(C(=O)NCCN(C)C)cc3OC)nc21)c1ccccc1. The van der Waals surface area contributed by atoms with Crippen LogP contribution in [0, 0.1) is 0 Å². The van der Waals surface area contributed by atoms with Crippen molar-refractivity contribution < 1.29 is 9.53 Å². The Bertz CT molecular complexity index is 1330. The first-order valence-electron chi connectivity index (χ1n) is 12.2. The number of ether oxygens (including phenoxy) is 1. The molecule has 9 nitrogen and oxygen atoms in total. The van der Waals surface area contributed by atoms with Crippen molar-refractivity contribution in [2.75, 3.05) is 46.7 Å². The van der Waals surface area contributed by atoms with Crippen LogP contribution in [-0.4, -0.2) is 67.8 Å². The lowest BCUT2D eigenvalue weighted by molar-refractivity contribution is 0.0950. The summed E-state index contributed by atoms with van der Waals surface area (Å²) in [6, 6.07) is 15.2. The van der Waals surface area contributed by atoms with Gasteiger partial charge in [0, 0.05) is 48.7 Å². The molecule has 0 bridgehead atoms. The summed E-state index contributed by atoms with van der Waals surface area (Å²) in [5, 5.41) is 6.16. The molecule has 9 heteroatoms. The van der Waals surface area contributed by atoms with Crippen LogP contribution in [0.4, 0.5) is 11.6 Å². The number of aromatic nitrogens is 2. The van der Waals surface area contributed by atoms with Gasteiger partial charge in [-0.05, 0) is 50.7 Å². The van der Waals surface area contributed by atoms with Crippen molar-refractivity contribution in [3.05, 3.63) is 82.8 Å². The lowest BCUT2D eigenvalue weighted by atomic mass is 9.88. The van der Waals surface area contributed by atoms with Crippen molar-refractivity contribution >= 4 is 28.8 Å². The van der Waals surface area contributed by atoms with E-state index in [0.717, 1.165) is 53.2 Å². The van der Waals surface area contributed by atoms with Crippen molar-refractivity contribution in [2.45, 2.75) is 12.8 Å². The van der Waals surface area contributed by atoms with Crippen LogP contribution in [0.15, 0.2) is 65.4 Å². The van der Waals surface area contributed by atoms with E-state index < -0.39 is 0 Å². The van der Waals surface area contributed by atoms with Crippen molar-refractivity contribution in [3.63, 3.8) is 0 Å². The van der Waals surface area contributed by atoms with E-state index in [4.69, 9.17) is 15.5 Å². The zero-order valence-electron chi connectivity index (χ0n) is 21.7. The summed E-state index contributed by atoms with van der Waals surface area (Å²) in [6.45, 7) is 1.32. The lowest BCUT2D eigenvalue weighted by Crippen LogP contribution is -2.31. The Balaban J connectivity index is 1.61. The molecule has 0 unspecified atom stereocenters. The normalized spacial score (nSPS) is 13.4. The molecule has 4 rings (SSSR count). The molecule has 3 aromatic rings. The predicted octanol–water partition coefficient (Wildman–Crippen LogP) is 3.26. The molecule has 1 heterocycles. The maximum Gasteiger partial charge on any atom is 0.251 e. The van der Waals surface area contributed by atoms with Crippen LogP contribution >= 0.6 is 0 Å². The molecule has 192 valence electrons. The van der Waals surface area contributed by atoms with Gasteiger partial charge < -0.3 is 26.0 Å². The number of hydrogen-bond acceptors (Lipinski definition) is 8. The highest BCUT2D eigenvalue weighted by atomic mass is 16.5. The molecule has 0 radical (unpaired) electrons. The summed E-state index contributed by atoms with van der Waals surface area (Å²) in [6.07, 6.45) is 3.31. The largest absolute Gasteiger partial charge is 0.495 e. The van der Waals surface area contributed by atoms with E-state index in [-0.39, 0.29) is 5.91 Å². The highest BCUT2D eigenvalue weighted by Crippen LogP contribution is 2.33. The molecule has 1 aromatic heterocycles. The Morgan fingerprint density at radius 3 is 2.62 bits per heavy atom. The number of fused-ring (bicyclic) bond motifs is 1. The fourth-order valence-corrected chi connectivity index (χ4v) is 4.21. The van der Waals surface area contributed by atoms with Gasteiger partial charge in [-0.3, -0.25) is 9.79 Å². The van der Waals surface area contributed by atoms with Gasteiger partial charge >= 0.3 is 0 Å². The molecule has 1 aliphatic carbocycles. The molecule has 4 N–H and O–H groups in total. The fraction of sp³-hybridized carbons (Fsp3) is 0.286. The maximum atomic E-state index is 12.5. The number of nitrogens with zero attached hydrogens (tertiary/aromatic N) is 4. The molecule has 2 aromatic carbocycles. The second-order valence-electron chi connectivity index (χ2n) is 9.01. The number of aryl methyl sites for hydroxylation is 1. The third kappa shape index (κ3) is 5.95. The number of allylic oxidation sites excluding steroid dienone is 2. The van der Waals surface area contributed by atoms with Gasteiger partial charge in [0.15, 0.2) is 0 Å². The van der Waals surface area contributed by atoms with Crippen LogP contribution in [0.3, 0.4) is 0 Å². The molecule has 0 atom stereocenters. The summed E-state index contributed by atoms with van der Waals surface area (Å²) in [7, 11) is 7.25. The van der Waals surface area contributed by atoms with Crippen LogP contribution in [-0.2, 0) is 6.42 Å². The highest BCUT2D eigenvalue weighted by molar-refractivity contribution is 6.32. The van der Waals surface area contributed by atoms with E-state index in [9.17, 15) is 4.79 Å². The third-order valence-corrected chi connectivity index (χ3v) is 6.15. The monoisotopic (exact) mass is 499 g/mol. The number of anilines is 2. The summed E-state index contributed by atoms with van der Waals surface area (Å²) >= 11 is 0. The summed E-state index contributed by atoms with van der Waals surface area (Å²) in [5.41, 5.74) is 12.8. The van der Waals surface area contributed by atoms with E-state index in [1.54, 1.807) is 32.4 Å². The molecule has 0 aliphatic heterocycles. The van der Waals surface area contributed by atoms with Crippen molar-refractivity contribution in [1.29, 1.82) is 0 Å². The second kappa shape index (κ2) is 11.7. The Kier molecular flexibility index (Phi) is 8.15. The van der Waals surface area contributed by atoms with Crippen LogP contribution < -0.4 is 21.1 Å². The number of nitrogens with one attached hydrogen (secondary N) is 2. The van der Waals surface area contributed by atoms with Crippen molar-refractivity contribution in [1.82, 2.24) is 20.2 Å². The van der Waals surface area contributed by atoms with Crippen LogP contribution in [0.25, 0.3) is 5.57 Å². The number of carbonyl (C=O) groups excluding carboxylic acids is 1. The Morgan fingerprint density at radius 1 is 1.14 bits per heavy atom. The molecule has 0 spiro atoms. The van der Waals surface area contributed by atoms with Crippen molar-refractivity contribution in [3.8, 4) is 5.75 Å². The third-order valence-electron chi connectivity index (χ3n) is 6.15. The number of methoxy groups -OCH3 is 1. The molecule has 37 heavy (non-hydrogen) atoms. The number of carbonyl (C=O) groups is 1. The van der Waals surface area contributed by atoms with E-state index >= 15 is 0 Å². The lowest BCUT2D eigenvalue weighted by Gasteiger charge is -2.22. The Labute approximate surface area is 217 Å². The predicted molar refractivity (Wildman–Crippen MR) is 148 cm³/mol. The van der Waals surface area contributed by atoms with Crippen LogP contribution in [0.1, 0.15) is 33.6 Å². The van der Waals surface area contributed by atoms with Crippen LogP contribution in [0.5, 0.6) is 5.75 Å². The zero-order chi connectivity index (χ0) is 26.4. The first-order chi connectivity index (χ1) is 17.9.